The molecule has 1 unspecified atom stereocenters. The molecule has 1 aromatic heterocycles. The summed E-state index contributed by atoms with van der Waals surface area (Å²) in [6.07, 6.45) is 1.97. The van der Waals surface area contributed by atoms with Crippen LogP contribution in [-0.4, -0.2) is 11.8 Å². The van der Waals surface area contributed by atoms with Gasteiger partial charge in [-0.25, -0.2) is 0 Å². The van der Waals surface area contributed by atoms with Gasteiger partial charge in [-0.05, 0) is 49.6 Å². The zero-order chi connectivity index (χ0) is 16.4. The van der Waals surface area contributed by atoms with Crippen molar-refractivity contribution in [2.24, 2.45) is 5.92 Å². The van der Waals surface area contributed by atoms with E-state index in [4.69, 9.17) is 11.6 Å². The third kappa shape index (κ3) is 4.12. The van der Waals surface area contributed by atoms with Crippen LogP contribution in [0.1, 0.15) is 41.0 Å². The van der Waals surface area contributed by atoms with Gasteiger partial charge in [-0.3, -0.25) is 9.59 Å². The lowest BCUT2D eigenvalue weighted by molar-refractivity contribution is -0.117. The fourth-order valence-corrected chi connectivity index (χ4v) is 3.18. The summed E-state index contributed by atoms with van der Waals surface area (Å²) >= 11 is 7.10. The lowest BCUT2D eigenvalue weighted by atomic mass is 10.1. The van der Waals surface area contributed by atoms with Gasteiger partial charge in [0.05, 0.1) is 15.3 Å². The molecule has 23 heavy (non-hydrogen) atoms. The Kier molecular flexibility index (Phi) is 4.68. The number of nitrogens with one attached hydrogen (secondary N) is 2. The van der Waals surface area contributed by atoms with E-state index in [2.05, 4.69) is 10.6 Å². The Balaban J connectivity index is 1.59. The van der Waals surface area contributed by atoms with Crippen LogP contribution >= 0.6 is 22.9 Å². The molecule has 0 radical (unpaired) electrons. The van der Waals surface area contributed by atoms with Gasteiger partial charge in [0, 0.05) is 11.6 Å². The Morgan fingerprint density at radius 2 is 1.87 bits per heavy atom. The summed E-state index contributed by atoms with van der Waals surface area (Å²) in [6, 6.07) is 10.8. The number of rotatable bonds is 5. The molecule has 1 aliphatic carbocycles. The summed E-state index contributed by atoms with van der Waals surface area (Å²) in [5.74, 6) is 0.139. The molecular weight excluding hydrogens is 332 g/mol. The van der Waals surface area contributed by atoms with Gasteiger partial charge < -0.3 is 10.6 Å². The summed E-state index contributed by atoms with van der Waals surface area (Å²) in [4.78, 5) is 24.4. The number of amides is 2. The van der Waals surface area contributed by atoms with E-state index in [0.29, 0.717) is 9.21 Å². The van der Waals surface area contributed by atoms with Crippen LogP contribution in [0.25, 0.3) is 0 Å². The van der Waals surface area contributed by atoms with Gasteiger partial charge in [-0.2, -0.15) is 0 Å². The first-order valence-corrected chi connectivity index (χ1v) is 8.69. The molecule has 3 rings (SSSR count). The van der Waals surface area contributed by atoms with E-state index in [1.807, 2.05) is 31.2 Å². The van der Waals surface area contributed by atoms with Crippen LogP contribution in [0.15, 0.2) is 36.4 Å². The largest absolute Gasteiger partial charge is 0.345 e. The molecule has 0 saturated heterocycles. The van der Waals surface area contributed by atoms with Crippen molar-refractivity contribution in [3.8, 4) is 0 Å². The molecule has 0 bridgehead atoms. The minimum absolute atomic E-state index is 0.0914. The summed E-state index contributed by atoms with van der Waals surface area (Å²) in [6.45, 7) is 1.92. The number of anilines is 1. The maximum Gasteiger partial charge on any atom is 0.261 e. The number of thiophene rings is 1. The second-order valence-electron chi connectivity index (χ2n) is 5.68. The zero-order valence-electron chi connectivity index (χ0n) is 12.6. The maximum atomic E-state index is 12.1. The molecule has 4 nitrogen and oxygen atoms in total. The van der Waals surface area contributed by atoms with Crippen LogP contribution in [-0.2, 0) is 4.79 Å². The van der Waals surface area contributed by atoms with Crippen LogP contribution in [0.2, 0.25) is 4.34 Å². The van der Waals surface area contributed by atoms with Gasteiger partial charge in [-0.15, -0.1) is 11.3 Å². The van der Waals surface area contributed by atoms with Crippen molar-refractivity contribution in [2.75, 3.05) is 5.32 Å². The molecule has 1 heterocycles. The number of hydrogen-bond donors (Lipinski definition) is 2. The molecule has 2 N–H and O–H groups in total. The van der Waals surface area contributed by atoms with Crippen LogP contribution < -0.4 is 10.6 Å². The Morgan fingerprint density at radius 1 is 1.17 bits per heavy atom. The molecule has 1 fully saturated rings. The van der Waals surface area contributed by atoms with Crippen molar-refractivity contribution in [1.29, 1.82) is 0 Å². The van der Waals surface area contributed by atoms with Crippen molar-refractivity contribution in [3.63, 3.8) is 0 Å². The maximum absolute atomic E-state index is 12.1. The molecule has 1 aliphatic rings. The second-order valence-corrected chi connectivity index (χ2v) is 7.40. The summed E-state index contributed by atoms with van der Waals surface area (Å²) in [5, 5.41) is 5.84. The second kappa shape index (κ2) is 6.72. The Labute approximate surface area is 143 Å². The van der Waals surface area contributed by atoms with Gasteiger partial charge in [0.25, 0.3) is 5.91 Å². The molecule has 1 saturated carbocycles. The highest BCUT2D eigenvalue weighted by atomic mass is 35.5. The highest BCUT2D eigenvalue weighted by Crippen LogP contribution is 2.30. The summed E-state index contributed by atoms with van der Waals surface area (Å²) < 4.78 is 0.596. The van der Waals surface area contributed by atoms with E-state index in [9.17, 15) is 9.59 Å². The van der Waals surface area contributed by atoms with Crippen LogP contribution in [0.4, 0.5) is 5.69 Å². The van der Waals surface area contributed by atoms with E-state index in [1.165, 1.54) is 11.3 Å². The Hall–Kier alpha value is -1.85. The van der Waals surface area contributed by atoms with E-state index < -0.39 is 0 Å². The molecule has 0 spiro atoms. The van der Waals surface area contributed by atoms with Crippen LogP contribution in [0.3, 0.4) is 0 Å². The lowest BCUT2D eigenvalue weighted by Gasteiger charge is -2.14. The van der Waals surface area contributed by atoms with Gasteiger partial charge in [0.15, 0.2) is 0 Å². The average Bonchev–Trinajstić information content (AvgIpc) is 3.29. The highest BCUT2D eigenvalue weighted by molar-refractivity contribution is 7.17. The number of carbonyl (C=O) groups is 2. The first-order chi connectivity index (χ1) is 11.0. The molecule has 1 aromatic carbocycles. The Morgan fingerprint density at radius 3 is 2.43 bits per heavy atom. The zero-order valence-corrected chi connectivity index (χ0v) is 14.2. The minimum Gasteiger partial charge on any atom is -0.345 e. The number of benzene rings is 1. The lowest BCUT2D eigenvalue weighted by Crippen LogP contribution is -2.25. The summed E-state index contributed by atoms with van der Waals surface area (Å²) in [5.41, 5.74) is 1.76. The molecule has 120 valence electrons. The van der Waals surface area contributed by atoms with Gasteiger partial charge in [-0.1, -0.05) is 23.7 Å². The molecule has 2 aromatic rings. The molecule has 2 amide bonds. The fourth-order valence-electron chi connectivity index (χ4n) is 2.23. The highest BCUT2D eigenvalue weighted by Gasteiger charge is 2.29. The molecule has 6 heteroatoms. The van der Waals surface area contributed by atoms with Gasteiger partial charge in [0.1, 0.15) is 0 Å². The predicted octanol–water partition coefficient (Wildman–Crippen LogP) is 4.24. The third-order valence-electron chi connectivity index (χ3n) is 3.77. The van der Waals surface area contributed by atoms with Gasteiger partial charge in [0.2, 0.25) is 5.91 Å². The Bertz CT molecular complexity index is 722. The summed E-state index contributed by atoms with van der Waals surface area (Å²) in [7, 11) is 0. The average molecular weight is 349 g/mol. The first-order valence-electron chi connectivity index (χ1n) is 7.50. The topological polar surface area (TPSA) is 58.2 Å². The van der Waals surface area contributed by atoms with Crippen molar-refractivity contribution in [2.45, 2.75) is 25.8 Å². The normalized spacial score (nSPS) is 15.0. The number of hydrogen-bond acceptors (Lipinski definition) is 3. The van der Waals surface area contributed by atoms with Gasteiger partial charge >= 0.3 is 0 Å². The minimum atomic E-state index is -0.138. The van der Waals surface area contributed by atoms with E-state index in [-0.39, 0.29) is 23.8 Å². The smallest absolute Gasteiger partial charge is 0.261 e. The van der Waals surface area contributed by atoms with E-state index in [0.717, 1.165) is 24.1 Å². The standard InChI is InChI=1S/C17H17ClN2O2S/c1-10(19-17(22)14-8-9-15(18)23-14)11-4-6-13(7-5-11)20-16(21)12-2-3-12/h4-10,12H,2-3H2,1H3,(H,19,22)(H,20,21). The quantitative estimate of drug-likeness (QED) is 0.849. The van der Waals surface area contributed by atoms with Crippen molar-refractivity contribution >= 4 is 40.4 Å². The van der Waals surface area contributed by atoms with Crippen molar-refractivity contribution in [1.82, 2.24) is 5.32 Å². The van der Waals surface area contributed by atoms with E-state index >= 15 is 0 Å². The number of carbonyl (C=O) groups excluding carboxylic acids is 2. The third-order valence-corrected chi connectivity index (χ3v) is 5.00. The number of halogens is 1. The molecule has 0 aliphatic heterocycles. The molecule has 1 atom stereocenters. The molecular formula is C17H17ClN2O2S. The first kappa shape index (κ1) is 16.0. The fraction of sp³-hybridized carbons (Fsp3) is 0.294. The monoisotopic (exact) mass is 348 g/mol. The van der Waals surface area contributed by atoms with E-state index in [1.54, 1.807) is 12.1 Å². The van der Waals surface area contributed by atoms with Crippen molar-refractivity contribution < 1.29 is 9.59 Å². The van der Waals surface area contributed by atoms with Crippen LogP contribution in [0.5, 0.6) is 0 Å². The SMILES string of the molecule is CC(NC(=O)c1ccc(Cl)s1)c1ccc(NC(=O)C2CC2)cc1. The predicted molar refractivity (Wildman–Crippen MR) is 93.0 cm³/mol. The van der Waals surface area contributed by atoms with Crippen molar-refractivity contribution in [3.05, 3.63) is 51.2 Å². The van der Waals surface area contributed by atoms with Crippen LogP contribution in [0, 0.1) is 5.92 Å².